The summed E-state index contributed by atoms with van der Waals surface area (Å²) in [5.74, 6) is 0.801. The maximum atomic E-state index is 13.4. The third-order valence-corrected chi connectivity index (χ3v) is 4.85. The van der Waals surface area contributed by atoms with Gasteiger partial charge in [0.15, 0.2) is 0 Å². The molecular formula is C24H21F3N4O4. The molecule has 0 aliphatic rings. The summed E-state index contributed by atoms with van der Waals surface area (Å²) in [5.41, 5.74) is 0.0790. The number of amides is 2. The lowest BCUT2D eigenvalue weighted by molar-refractivity contribution is -0.139. The van der Waals surface area contributed by atoms with E-state index >= 15 is 0 Å². The number of pyridine rings is 1. The Kier molecular flexibility index (Phi) is 7.06. The molecule has 11 heteroatoms. The highest BCUT2D eigenvalue weighted by molar-refractivity contribution is 5.99. The van der Waals surface area contributed by atoms with E-state index in [1.807, 2.05) is 6.07 Å². The lowest BCUT2D eigenvalue weighted by atomic mass is 10.1. The normalized spacial score (nSPS) is 11.3. The largest absolute Gasteiger partial charge is 0.491 e. The van der Waals surface area contributed by atoms with E-state index in [4.69, 9.17) is 14.2 Å². The van der Waals surface area contributed by atoms with Gasteiger partial charge in [0, 0.05) is 30.9 Å². The number of ether oxygens (including phenoxy) is 3. The van der Waals surface area contributed by atoms with Crippen LogP contribution in [0.25, 0.3) is 11.0 Å². The quantitative estimate of drug-likeness (QED) is 0.264. The molecule has 3 N–H and O–H groups in total. The second-order valence-electron chi connectivity index (χ2n) is 7.30. The molecule has 0 saturated carbocycles. The molecule has 0 aliphatic heterocycles. The average molecular weight is 486 g/mol. The van der Waals surface area contributed by atoms with Gasteiger partial charge < -0.3 is 29.8 Å². The number of carbonyl (C=O) groups is 1. The van der Waals surface area contributed by atoms with Crippen LogP contribution in [0.4, 0.5) is 29.3 Å². The Labute approximate surface area is 198 Å². The molecule has 2 amide bonds. The van der Waals surface area contributed by atoms with Crippen molar-refractivity contribution in [2.75, 3.05) is 31.0 Å². The first-order chi connectivity index (χ1) is 16.8. The van der Waals surface area contributed by atoms with Gasteiger partial charge in [-0.1, -0.05) is 0 Å². The van der Waals surface area contributed by atoms with Crippen LogP contribution in [0.1, 0.15) is 5.56 Å². The number of methoxy groups -OCH3 is 1. The van der Waals surface area contributed by atoms with Gasteiger partial charge in [0.1, 0.15) is 29.5 Å². The summed E-state index contributed by atoms with van der Waals surface area (Å²) >= 11 is 0. The van der Waals surface area contributed by atoms with Gasteiger partial charge in [-0.05, 0) is 54.6 Å². The number of anilines is 2. The number of aromatic nitrogens is 2. The minimum absolute atomic E-state index is 0.0379. The number of carbonyl (C=O) groups excluding carboxylic acids is 1. The van der Waals surface area contributed by atoms with Crippen LogP contribution in [0.2, 0.25) is 0 Å². The standard InChI is InChI=1S/C24H21F3N4O4/c1-33-12-13-34-21-7-4-16(14-19(21)24(25,26)27)31-23(32)30-15-2-5-17(6-3-15)35-20-9-11-29-22-18(20)8-10-28-22/h2-11,14H,12-13H2,1H3,(H,28,29)(H2,30,31,32). The Morgan fingerprint density at radius 2 is 1.71 bits per heavy atom. The molecule has 0 unspecified atom stereocenters. The summed E-state index contributed by atoms with van der Waals surface area (Å²) in [7, 11) is 1.42. The third-order valence-electron chi connectivity index (χ3n) is 4.85. The Hall–Kier alpha value is -4.25. The van der Waals surface area contributed by atoms with Crippen molar-refractivity contribution >= 4 is 28.4 Å². The Balaban J connectivity index is 1.39. The molecule has 8 nitrogen and oxygen atoms in total. The molecule has 0 bridgehead atoms. The number of nitrogens with one attached hydrogen (secondary N) is 3. The van der Waals surface area contributed by atoms with Gasteiger partial charge in [0.05, 0.1) is 17.6 Å². The third kappa shape index (κ3) is 6.01. The van der Waals surface area contributed by atoms with Crippen LogP contribution in [0.3, 0.4) is 0 Å². The molecule has 2 aromatic heterocycles. The van der Waals surface area contributed by atoms with Gasteiger partial charge in [-0.15, -0.1) is 0 Å². The van der Waals surface area contributed by atoms with Crippen molar-refractivity contribution in [3.63, 3.8) is 0 Å². The molecule has 0 atom stereocenters. The number of benzene rings is 2. The monoisotopic (exact) mass is 486 g/mol. The lowest BCUT2D eigenvalue weighted by Gasteiger charge is -2.16. The summed E-state index contributed by atoms with van der Waals surface area (Å²) in [5, 5.41) is 5.79. The molecule has 2 heterocycles. The zero-order valence-electron chi connectivity index (χ0n) is 18.5. The number of H-pyrrole nitrogens is 1. The van der Waals surface area contributed by atoms with Gasteiger partial charge in [0.25, 0.3) is 0 Å². The van der Waals surface area contributed by atoms with Gasteiger partial charge >= 0.3 is 12.2 Å². The predicted molar refractivity (Wildman–Crippen MR) is 124 cm³/mol. The van der Waals surface area contributed by atoms with E-state index in [1.54, 1.807) is 42.7 Å². The number of hydrogen-bond donors (Lipinski definition) is 3. The van der Waals surface area contributed by atoms with Crippen LogP contribution in [-0.2, 0) is 10.9 Å². The smallest absolute Gasteiger partial charge is 0.420 e. The minimum atomic E-state index is -4.66. The zero-order chi connectivity index (χ0) is 24.8. The molecule has 182 valence electrons. The number of alkyl halides is 3. The van der Waals surface area contributed by atoms with Crippen molar-refractivity contribution in [3.05, 3.63) is 72.6 Å². The average Bonchev–Trinajstić information content (AvgIpc) is 3.31. The first kappa shape index (κ1) is 23.9. The maximum Gasteiger partial charge on any atom is 0.420 e. The SMILES string of the molecule is COCCOc1ccc(NC(=O)Nc2ccc(Oc3ccnc4[nH]ccc34)cc2)cc1C(F)(F)F. The summed E-state index contributed by atoms with van der Waals surface area (Å²) in [4.78, 5) is 19.5. The number of rotatable bonds is 8. The van der Waals surface area contributed by atoms with Crippen LogP contribution < -0.4 is 20.1 Å². The highest BCUT2D eigenvalue weighted by Gasteiger charge is 2.35. The predicted octanol–water partition coefficient (Wildman–Crippen LogP) is 6.04. The maximum absolute atomic E-state index is 13.4. The van der Waals surface area contributed by atoms with Crippen LogP contribution in [0.5, 0.6) is 17.2 Å². The molecular weight excluding hydrogens is 465 g/mol. The van der Waals surface area contributed by atoms with E-state index in [0.29, 0.717) is 22.8 Å². The summed E-state index contributed by atoms with van der Waals surface area (Å²) in [6.45, 7) is 0.103. The lowest BCUT2D eigenvalue weighted by Crippen LogP contribution is -2.20. The number of fused-ring (bicyclic) bond motifs is 1. The van der Waals surface area contributed by atoms with Crippen molar-refractivity contribution in [2.24, 2.45) is 0 Å². The Bertz CT molecular complexity index is 1310. The number of urea groups is 1. The summed E-state index contributed by atoms with van der Waals surface area (Å²) in [6, 6.07) is 12.7. The molecule has 0 radical (unpaired) electrons. The fourth-order valence-electron chi connectivity index (χ4n) is 3.24. The van der Waals surface area contributed by atoms with Crippen LogP contribution in [0.15, 0.2) is 67.0 Å². The minimum Gasteiger partial charge on any atom is -0.491 e. The zero-order valence-corrected chi connectivity index (χ0v) is 18.5. The van der Waals surface area contributed by atoms with Gasteiger partial charge in [-0.25, -0.2) is 9.78 Å². The number of halogens is 3. The topological polar surface area (TPSA) is 97.5 Å². The molecule has 2 aromatic carbocycles. The molecule has 0 spiro atoms. The first-order valence-corrected chi connectivity index (χ1v) is 10.4. The fraction of sp³-hybridized carbons (Fsp3) is 0.167. The van der Waals surface area contributed by atoms with E-state index < -0.39 is 17.8 Å². The van der Waals surface area contributed by atoms with E-state index in [1.165, 1.54) is 13.2 Å². The van der Waals surface area contributed by atoms with Crippen molar-refractivity contribution in [1.29, 1.82) is 0 Å². The van der Waals surface area contributed by atoms with E-state index in [-0.39, 0.29) is 24.7 Å². The first-order valence-electron chi connectivity index (χ1n) is 10.4. The highest BCUT2D eigenvalue weighted by Crippen LogP contribution is 2.38. The van der Waals surface area contributed by atoms with E-state index in [9.17, 15) is 18.0 Å². The number of nitrogens with zero attached hydrogens (tertiary/aromatic N) is 1. The van der Waals surface area contributed by atoms with Crippen molar-refractivity contribution in [3.8, 4) is 17.2 Å². The van der Waals surface area contributed by atoms with Crippen molar-refractivity contribution < 1.29 is 32.2 Å². The van der Waals surface area contributed by atoms with Crippen LogP contribution in [-0.4, -0.2) is 36.3 Å². The second kappa shape index (κ2) is 10.3. The molecule has 0 aliphatic carbocycles. The van der Waals surface area contributed by atoms with E-state index in [2.05, 4.69) is 20.6 Å². The van der Waals surface area contributed by atoms with Crippen molar-refractivity contribution in [1.82, 2.24) is 9.97 Å². The fourth-order valence-corrected chi connectivity index (χ4v) is 3.24. The van der Waals surface area contributed by atoms with Crippen LogP contribution in [0, 0.1) is 0 Å². The van der Waals surface area contributed by atoms with Gasteiger partial charge in [0.2, 0.25) is 0 Å². The molecule has 0 fully saturated rings. The molecule has 0 saturated heterocycles. The summed E-state index contributed by atoms with van der Waals surface area (Å²) < 4.78 is 56.1. The summed E-state index contributed by atoms with van der Waals surface area (Å²) in [6.07, 6.45) is -1.28. The molecule has 4 aromatic rings. The Morgan fingerprint density at radius 1 is 0.971 bits per heavy atom. The number of hydrogen-bond acceptors (Lipinski definition) is 5. The highest BCUT2D eigenvalue weighted by atomic mass is 19.4. The molecule has 35 heavy (non-hydrogen) atoms. The van der Waals surface area contributed by atoms with Gasteiger partial charge in [-0.3, -0.25) is 0 Å². The van der Waals surface area contributed by atoms with Crippen molar-refractivity contribution in [2.45, 2.75) is 6.18 Å². The van der Waals surface area contributed by atoms with Gasteiger partial charge in [-0.2, -0.15) is 13.2 Å². The van der Waals surface area contributed by atoms with E-state index in [0.717, 1.165) is 17.5 Å². The second-order valence-corrected chi connectivity index (χ2v) is 7.30. The number of aromatic amines is 1. The van der Waals surface area contributed by atoms with Crippen LogP contribution >= 0.6 is 0 Å². The Morgan fingerprint density at radius 3 is 2.46 bits per heavy atom. The molecule has 4 rings (SSSR count).